The number of benzene rings is 1. The first-order valence-electron chi connectivity index (χ1n) is 9.37. The number of esters is 1. The summed E-state index contributed by atoms with van der Waals surface area (Å²) in [5, 5.41) is 3.52. The molecule has 0 aliphatic carbocycles. The van der Waals surface area contributed by atoms with Crippen LogP contribution in [0.1, 0.15) is 30.8 Å². The molecule has 28 heavy (non-hydrogen) atoms. The Morgan fingerprint density at radius 1 is 1.25 bits per heavy atom. The highest BCUT2D eigenvalue weighted by Gasteiger charge is 2.25. The van der Waals surface area contributed by atoms with Gasteiger partial charge in [0.1, 0.15) is 11.4 Å². The molecule has 152 valence electrons. The van der Waals surface area contributed by atoms with Crippen molar-refractivity contribution in [2.75, 3.05) is 39.2 Å². The highest BCUT2D eigenvalue weighted by atomic mass is 16.5. The Kier molecular flexibility index (Phi) is 6.21. The summed E-state index contributed by atoms with van der Waals surface area (Å²) in [6, 6.07) is 5.41. The average Bonchev–Trinajstić information content (AvgIpc) is 3.03. The lowest BCUT2D eigenvalue weighted by Crippen LogP contribution is -2.46. The molecular weight excluding hydrogens is 362 g/mol. The van der Waals surface area contributed by atoms with Crippen LogP contribution in [-0.2, 0) is 14.3 Å². The fourth-order valence-electron chi connectivity index (χ4n) is 3.69. The number of nitrogens with one attached hydrogen (secondary N) is 2. The molecule has 8 nitrogen and oxygen atoms in total. The van der Waals surface area contributed by atoms with E-state index in [1.807, 2.05) is 26.0 Å². The minimum absolute atomic E-state index is 0.149. The third kappa shape index (κ3) is 4.28. The predicted octanol–water partition coefficient (Wildman–Crippen LogP) is 2.40. The summed E-state index contributed by atoms with van der Waals surface area (Å²) in [6.07, 6.45) is 0.605. The largest absolute Gasteiger partial charge is 0.496 e. The minimum atomic E-state index is -0.551. The molecule has 0 saturated carbocycles. The third-order valence-electron chi connectivity index (χ3n) is 4.81. The second-order valence-electron chi connectivity index (χ2n) is 7.06. The number of aromatic nitrogens is 1. The standard InChI is InChI=1S/C20H27N3O5/c1-12-10-23(11-13(2)28-12)9-8-16(24)22-18-17-14(6-5-7-15(17)26-3)21-19(18)20(25)27-4/h5-7,12-13,21H,8-11H2,1-4H3,(H,22,24)/t12-,13+. The number of anilines is 1. The summed E-state index contributed by atoms with van der Waals surface area (Å²) in [5.41, 5.74) is 1.27. The summed E-state index contributed by atoms with van der Waals surface area (Å²) < 4.78 is 16.0. The smallest absolute Gasteiger partial charge is 0.356 e. The maximum atomic E-state index is 12.6. The molecule has 3 rings (SSSR count). The Labute approximate surface area is 164 Å². The van der Waals surface area contributed by atoms with E-state index in [4.69, 9.17) is 14.2 Å². The Hall–Kier alpha value is -2.58. The highest BCUT2D eigenvalue weighted by Crippen LogP contribution is 2.35. The number of carbonyl (C=O) groups is 2. The number of H-pyrrole nitrogens is 1. The fourth-order valence-corrected chi connectivity index (χ4v) is 3.69. The van der Waals surface area contributed by atoms with Crippen LogP contribution >= 0.6 is 0 Å². The van der Waals surface area contributed by atoms with Gasteiger partial charge in [-0.05, 0) is 26.0 Å². The first kappa shape index (κ1) is 20.2. The molecule has 1 aliphatic rings. The van der Waals surface area contributed by atoms with E-state index in [0.717, 1.165) is 13.1 Å². The normalized spacial score (nSPS) is 20.1. The molecule has 2 atom stereocenters. The van der Waals surface area contributed by atoms with Crippen molar-refractivity contribution in [3.8, 4) is 5.75 Å². The third-order valence-corrected chi connectivity index (χ3v) is 4.81. The number of carbonyl (C=O) groups excluding carboxylic acids is 2. The lowest BCUT2D eigenvalue weighted by molar-refractivity contribution is -0.117. The number of nitrogens with zero attached hydrogens (tertiary/aromatic N) is 1. The molecule has 1 aromatic heterocycles. The minimum Gasteiger partial charge on any atom is -0.496 e. The molecule has 8 heteroatoms. The molecule has 0 bridgehead atoms. The van der Waals surface area contributed by atoms with Gasteiger partial charge in [0.2, 0.25) is 5.91 Å². The Morgan fingerprint density at radius 2 is 1.96 bits per heavy atom. The van der Waals surface area contributed by atoms with Crippen molar-refractivity contribution >= 4 is 28.5 Å². The Morgan fingerprint density at radius 3 is 2.61 bits per heavy atom. The SMILES string of the molecule is COC(=O)c1[nH]c2cccc(OC)c2c1NC(=O)CCN1C[C@@H](C)O[C@@H](C)C1. The Balaban J connectivity index is 1.78. The zero-order valence-corrected chi connectivity index (χ0v) is 16.7. The monoisotopic (exact) mass is 389 g/mol. The van der Waals surface area contributed by atoms with Gasteiger partial charge in [0.15, 0.2) is 0 Å². The second kappa shape index (κ2) is 8.62. The lowest BCUT2D eigenvalue weighted by Gasteiger charge is -2.35. The van der Waals surface area contributed by atoms with E-state index in [-0.39, 0.29) is 23.8 Å². The van der Waals surface area contributed by atoms with Gasteiger partial charge in [0, 0.05) is 26.1 Å². The molecule has 0 spiro atoms. The van der Waals surface area contributed by atoms with E-state index in [2.05, 4.69) is 15.2 Å². The molecule has 0 radical (unpaired) electrons. The van der Waals surface area contributed by atoms with Crippen LogP contribution in [0.2, 0.25) is 0 Å². The lowest BCUT2D eigenvalue weighted by atomic mass is 10.2. The molecule has 1 saturated heterocycles. The number of amides is 1. The summed E-state index contributed by atoms with van der Waals surface area (Å²) in [7, 11) is 2.85. The van der Waals surface area contributed by atoms with E-state index in [1.165, 1.54) is 7.11 Å². The number of ether oxygens (including phenoxy) is 3. The van der Waals surface area contributed by atoms with Crippen LogP contribution in [0.25, 0.3) is 10.9 Å². The summed E-state index contributed by atoms with van der Waals surface area (Å²) in [5.74, 6) is -0.164. The molecule has 1 aromatic carbocycles. The van der Waals surface area contributed by atoms with Gasteiger partial charge in [0.05, 0.1) is 43.0 Å². The number of methoxy groups -OCH3 is 2. The van der Waals surface area contributed by atoms with Crippen molar-refractivity contribution in [1.82, 2.24) is 9.88 Å². The van der Waals surface area contributed by atoms with Gasteiger partial charge in [-0.25, -0.2) is 4.79 Å². The zero-order valence-electron chi connectivity index (χ0n) is 16.7. The summed E-state index contributed by atoms with van der Waals surface area (Å²) >= 11 is 0. The fraction of sp³-hybridized carbons (Fsp3) is 0.500. The van der Waals surface area contributed by atoms with Gasteiger partial charge < -0.3 is 24.5 Å². The van der Waals surface area contributed by atoms with Crippen LogP contribution in [0.15, 0.2) is 18.2 Å². The Bertz CT molecular complexity index is 853. The van der Waals surface area contributed by atoms with Gasteiger partial charge in [-0.2, -0.15) is 0 Å². The van der Waals surface area contributed by atoms with E-state index < -0.39 is 5.97 Å². The molecule has 1 fully saturated rings. The number of hydrogen-bond donors (Lipinski definition) is 2. The molecule has 2 N–H and O–H groups in total. The number of fused-ring (bicyclic) bond motifs is 1. The van der Waals surface area contributed by atoms with Crippen molar-refractivity contribution < 1.29 is 23.8 Å². The van der Waals surface area contributed by atoms with Gasteiger partial charge in [-0.3, -0.25) is 9.69 Å². The molecule has 2 heterocycles. The highest BCUT2D eigenvalue weighted by molar-refractivity contribution is 6.12. The van der Waals surface area contributed by atoms with Crippen LogP contribution in [0.3, 0.4) is 0 Å². The van der Waals surface area contributed by atoms with E-state index in [9.17, 15) is 9.59 Å². The molecule has 1 aliphatic heterocycles. The maximum Gasteiger partial charge on any atom is 0.356 e. The van der Waals surface area contributed by atoms with Crippen LogP contribution < -0.4 is 10.1 Å². The second-order valence-corrected chi connectivity index (χ2v) is 7.06. The number of hydrogen-bond acceptors (Lipinski definition) is 6. The predicted molar refractivity (Wildman–Crippen MR) is 106 cm³/mol. The van der Waals surface area contributed by atoms with E-state index >= 15 is 0 Å². The maximum absolute atomic E-state index is 12.6. The van der Waals surface area contributed by atoms with Crippen molar-refractivity contribution in [1.29, 1.82) is 0 Å². The van der Waals surface area contributed by atoms with Crippen molar-refractivity contribution in [3.63, 3.8) is 0 Å². The zero-order chi connectivity index (χ0) is 20.3. The van der Waals surface area contributed by atoms with E-state index in [1.54, 1.807) is 13.2 Å². The topological polar surface area (TPSA) is 92.9 Å². The van der Waals surface area contributed by atoms with Crippen LogP contribution in [-0.4, -0.2) is 67.8 Å². The van der Waals surface area contributed by atoms with Crippen molar-refractivity contribution in [2.45, 2.75) is 32.5 Å². The molecule has 1 amide bonds. The summed E-state index contributed by atoms with van der Waals surface area (Å²) in [4.78, 5) is 30.1. The first-order valence-corrected chi connectivity index (χ1v) is 9.37. The van der Waals surface area contributed by atoms with Gasteiger partial charge >= 0.3 is 5.97 Å². The molecular formula is C20H27N3O5. The van der Waals surface area contributed by atoms with Gasteiger partial charge in [-0.15, -0.1) is 0 Å². The number of rotatable bonds is 6. The number of morpholine rings is 1. The average molecular weight is 389 g/mol. The van der Waals surface area contributed by atoms with Crippen LogP contribution in [0.4, 0.5) is 5.69 Å². The summed E-state index contributed by atoms with van der Waals surface area (Å²) in [6.45, 7) is 6.28. The molecule has 2 aromatic rings. The van der Waals surface area contributed by atoms with E-state index in [0.29, 0.717) is 35.3 Å². The van der Waals surface area contributed by atoms with Gasteiger partial charge in [0.25, 0.3) is 0 Å². The van der Waals surface area contributed by atoms with Crippen molar-refractivity contribution in [3.05, 3.63) is 23.9 Å². The van der Waals surface area contributed by atoms with Crippen molar-refractivity contribution in [2.24, 2.45) is 0 Å². The van der Waals surface area contributed by atoms with Crippen LogP contribution in [0, 0.1) is 0 Å². The quantitative estimate of drug-likeness (QED) is 0.737. The molecule has 0 unspecified atom stereocenters. The number of aromatic amines is 1. The van der Waals surface area contributed by atoms with Gasteiger partial charge in [-0.1, -0.05) is 6.07 Å². The first-order chi connectivity index (χ1) is 13.4. The van der Waals surface area contributed by atoms with Crippen LogP contribution in [0.5, 0.6) is 5.75 Å².